The standard InChI is InChI=1S/C17H21N3O/c1-12(2)10-20-11-14(5-6-18)15-4-3-13(9-16(15)20)17-19-7-8-21-17/h3-4,7-9,11-12H,5-6,10,18H2,1-2H3. The Balaban J connectivity index is 2.13. The summed E-state index contributed by atoms with van der Waals surface area (Å²) in [7, 11) is 0. The summed E-state index contributed by atoms with van der Waals surface area (Å²) in [5, 5.41) is 1.27. The van der Waals surface area contributed by atoms with Crippen LogP contribution in [-0.4, -0.2) is 16.1 Å². The molecule has 0 aliphatic rings. The minimum Gasteiger partial charge on any atom is -0.445 e. The van der Waals surface area contributed by atoms with Crippen LogP contribution in [-0.2, 0) is 13.0 Å². The molecule has 2 N–H and O–H groups in total. The van der Waals surface area contributed by atoms with Gasteiger partial charge in [-0.25, -0.2) is 4.98 Å². The van der Waals surface area contributed by atoms with Crippen LogP contribution in [0.25, 0.3) is 22.4 Å². The van der Waals surface area contributed by atoms with Gasteiger partial charge in [0, 0.05) is 29.2 Å². The van der Waals surface area contributed by atoms with Crippen LogP contribution < -0.4 is 5.73 Å². The van der Waals surface area contributed by atoms with E-state index in [1.54, 1.807) is 12.5 Å². The predicted molar refractivity (Wildman–Crippen MR) is 85.0 cm³/mol. The highest BCUT2D eigenvalue weighted by atomic mass is 16.3. The van der Waals surface area contributed by atoms with E-state index in [4.69, 9.17) is 10.2 Å². The van der Waals surface area contributed by atoms with Crippen molar-refractivity contribution in [2.24, 2.45) is 11.7 Å². The second-order valence-corrected chi connectivity index (χ2v) is 5.81. The number of aromatic nitrogens is 2. The van der Waals surface area contributed by atoms with E-state index in [0.29, 0.717) is 18.4 Å². The van der Waals surface area contributed by atoms with E-state index in [0.717, 1.165) is 18.5 Å². The van der Waals surface area contributed by atoms with Gasteiger partial charge in [0.1, 0.15) is 6.26 Å². The van der Waals surface area contributed by atoms with Gasteiger partial charge in [-0.05, 0) is 36.6 Å². The molecule has 3 aromatic rings. The number of benzene rings is 1. The molecule has 2 heterocycles. The number of hydrogen-bond acceptors (Lipinski definition) is 3. The molecule has 0 aliphatic heterocycles. The Bertz CT molecular complexity index is 726. The summed E-state index contributed by atoms with van der Waals surface area (Å²) in [6, 6.07) is 6.37. The average Bonchev–Trinajstić information content (AvgIpc) is 3.08. The fourth-order valence-corrected chi connectivity index (χ4v) is 2.77. The van der Waals surface area contributed by atoms with E-state index < -0.39 is 0 Å². The quantitative estimate of drug-likeness (QED) is 0.780. The molecule has 3 rings (SSSR count). The molecule has 4 heteroatoms. The van der Waals surface area contributed by atoms with E-state index in [-0.39, 0.29) is 0 Å². The largest absolute Gasteiger partial charge is 0.445 e. The van der Waals surface area contributed by atoms with Crippen molar-refractivity contribution in [2.75, 3.05) is 6.54 Å². The van der Waals surface area contributed by atoms with Crippen LogP contribution >= 0.6 is 0 Å². The lowest BCUT2D eigenvalue weighted by atomic mass is 10.1. The maximum atomic E-state index is 5.73. The van der Waals surface area contributed by atoms with Crippen molar-refractivity contribution in [3.8, 4) is 11.5 Å². The summed E-state index contributed by atoms with van der Waals surface area (Å²) in [4.78, 5) is 4.23. The summed E-state index contributed by atoms with van der Waals surface area (Å²) in [5.74, 6) is 1.26. The first-order chi connectivity index (χ1) is 10.2. The summed E-state index contributed by atoms with van der Waals surface area (Å²) in [6.45, 7) is 6.12. The van der Waals surface area contributed by atoms with Gasteiger partial charge in [0.25, 0.3) is 0 Å². The molecule has 0 saturated carbocycles. The highest BCUT2D eigenvalue weighted by molar-refractivity contribution is 5.87. The van der Waals surface area contributed by atoms with Gasteiger partial charge in [0.15, 0.2) is 0 Å². The third kappa shape index (κ3) is 2.72. The first kappa shape index (κ1) is 13.9. The summed E-state index contributed by atoms with van der Waals surface area (Å²) < 4.78 is 7.72. The molecular formula is C17H21N3O. The Morgan fingerprint density at radius 1 is 1.33 bits per heavy atom. The van der Waals surface area contributed by atoms with Crippen molar-refractivity contribution in [2.45, 2.75) is 26.8 Å². The van der Waals surface area contributed by atoms with E-state index in [1.165, 1.54) is 16.5 Å². The zero-order valence-electron chi connectivity index (χ0n) is 12.5. The van der Waals surface area contributed by atoms with Gasteiger partial charge in [0.05, 0.1) is 6.20 Å². The lowest BCUT2D eigenvalue weighted by Gasteiger charge is -2.08. The molecule has 0 radical (unpaired) electrons. The topological polar surface area (TPSA) is 57.0 Å². The minimum absolute atomic E-state index is 0.594. The fourth-order valence-electron chi connectivity index (χ4n) is 2.77. The zero-order chi connectivity index (χ0) is 14.8. The maximum absolute atomic E-state index is 5.73. The highest BCUT2D eigenvalue weighted by Crippen LogP contribution is 2.28. The molecule has 4 nitrogen and oxygen atoms in total. The van der Waals surface area contributed by atoms with E-state index >= 15 is 0 Å². The molecular weight excluding hydrogens is 262 g/mol. The Hall–Kier alpha value is -2.07. The van der Waals surface area contributed by atoms with Crippen molar-refractivity contribution in [3.05, 3.63) is 42.4 Å². The normalized spacial score (nSPS) is 11.6. The van der Waals surface area contributed by atoms with Crippen LogP contribution in [0.15, 0.2) is 41.3 Å². The molecule has 0 unspecified atom stereocenters. The van der Waals surface area contributed by atoms with Gasteiger partial charge in [0.2, 0.25) is 5.89 Å². The first-order valence-corrected chi connectivity index (χ1v) is 7.40. The third-order valence-corrected chi connectivity index (χ3v) is 3.62. The molecule has 110 valence electrons. The smallest absolute Gasteiger partial charge is 0.225 e. The van der Waals surface area contributed by atoms with E-state index in [9.17, 15) is 0 Å². The molecule has 1 aromatic carbocycles. The fraction of sp³-hybridized carbons (Fsp3) is 0.353. The Morgan fingerprint density at radius 3 is 2.86 bits per heavy atom. The maximum Gasteiger partial charge on any atom is 0.225 e. The molecule has 2 aromatic heterocycles. The highest BCUT2D eigenvalue weighted by Gasteiger charge is 2.12. The minimum atomic E-state index is 0.594. The van der Waals surface area contributed by atoms with Crippen LogP contribution in [0.3, 0.4) is 0 Å². The summed E-state index contributed by atoms with van der Waals surface area (Å²) in [6.07, 6.45) is 6.41. The summed E-state index contributed by atoms with van der Waals surface area (Å²) >= 11 is 0. The third-order valence-electron chi connectivity index (χ3n) is 3.62. The second kappa shape index (κ2) is 5.74. The lowest BCUT2D eigenvalue weighted by molar-refractivity contribution is 0.534. The number of oxazole rings is 1. The van der Waals surface area contributed by atoms with Crippen LogP contribution in [0, 0.1) is 5.92 Å². The molecule has 21 heavy (non-hydrogen) atoms. The summed E-state index contributed by atoms with van der Waals surface area (Å²) in [5.41, 5.74) is 9.28. The van der Waals surface area contributed by atoms with Crippen LogP contribution in [0.2, 0.25) is 0 Å². The van der Waals surface area contributed by atoms with Crippen molar-refractivity contribution in [3.63, 3.8) is 0 Å². The molecule has 0 saturated heterocycles. The molecule has 0 bridgehead atoms. The van der Waals surface area contributed by atoms with Gasteiger partial charge in [-0.15, -0.1) is 0 Å². The van der Waals surface area contributed by atoms with Gasteiger partial charge in [-0.3, -0.25) is 0 Å². The number of rotatable bonds is 5. The Kier molecular flexibility index (Phi) is 3.80. The van der Waals surface area contributed by atoms with E-state index in [2.05, 4.69) is 47.8 Å². The van der Waals surface area contributed by atoms with Crippen LogP contribution in [0.5, 0.6) is 0 Å². The molecule has 0 amide bonds. The Labute approximate surface area is 124 Å². The van der Waals surface area contributed by atoms with Crippen LogP contribution in [0.4, 0.5) is 0 Å². The number of nitrogens with zero attached hydrogens (tertiary/aromatic N) is 2. The number of hydrogen-bond donors (Lipinski definition) is 1. The monoisotopic (exact) mass is 283 g/mol. The second-order valence-electron chi connectivity index (χ2n) is 5.81. The van der Waals surface area contributed by atoms with Gasteiger partial charge in [-0.2, -0.15) is 0 Å². The average molecular weight is 283 g/mol. The van der Waals surface area contributed by atoms with Gasteiger partial charge in [-0.1, -0.05) is 19.9 Å². The zero-order valence-corrected chi connectivity index (χ0v) is 12.5. The Morgan fingerprint density at radius 2 is 2.19 bits per heavy atom. The van der Waals surface area contributed by atoms with Crippen LogP contribution in [0.1, 0.15) is 19.4 Å². The van der Waals surface area contributed by atoms with E-state index in [1.807, 2.05) is 0 Å². The van der Waals surface area contributed by atoms with Gasteiger partial charge < -0.3 is 14.7 Å². The predicted octanol–water partition coefficient (Wildman–Crippen LogP) is 3.45. The SMILES string of the molecule is CC(C)Cn1cc(CCN)c2ccc(-c3ncco3)cc21. The lowest BCUT2D eigenvalue weighted by Crippen LogP contribution is -2.04. The number of nitrogens with two attached hydrogens (primary N) is 1. The van der Waals surface area contributed by atoms with Crippen molar-refractivity contribution >= 4 is 10.9 Å². The van der Waals surface area contributed by atoms with Crippen molar-refractivity contribution < 1.29 is 4.42 Å². The number of fused-ring (bicyclic) bond motifs is 1. The molecule has 0 aliphatic carbocycles. The van der Waals surface area contributed by atoms with Crippen molar-refractivity contribution in [1.29, 1.82) is 0 Å². The van der Waals surface area contributed by atoms with Crippen molar-refractivity contribution in [1.82, 2.24) is 9.55 Å². The first-order valence-electron chi connectivity index (χ1n) is 7.40. The molecule has 0 fully saturated rings. The van der Waals surface area contributed by atoms with Gasteiger partial charge >= 0.3 is 0 Å². The molecule has 0 atom stereocenters. The molecule has 0 spiro atoms.